The Hall–Kier alpha value is -0.670. The van der Waals surface area contributed by atoms with Gasteiger partial charge in [0.1, 0.15) is 6.79 Å². The topological polar surface area (TPSA) is 35.5 Å². The molecule has 0 spiro atoms. The minimum atomic E-state index is 0.240. The van der Waals surface area contributed by atoms with Crippen molar-refractivity contribution < 1.29 is 14.3 Å². The van der Waals surface area contributed by atoms with Crippen LogP contribution in [0.15, 0.2) is 12.2 Å². The molecule has 2 unspecified atom stereocenters. The first-order chi connectivity index (χ1) is 11.5. The SMILES string of the molecule is COCOC1CC[C@H]2[C@@H]3CCC4CC(=O)C=C[C@]4(C)[C@@H]3CC[C@]12C. The summed E-state index contributed by atoms with van der Waals surface area (Å²) in [5, 5.41) is 0. The molecule has 0 heterocycles. The van der Waals surface area contributed by atoms with Gasteiger partial charge >= 0.3 is 0 Å². The summed E-state index contributed by atoms with van der Waals surface area (Å²) in [6.45, 7) is 5.33. The van der Waals surface area contributed by atoms with Gasteiger partial charge < -0.3 is 9.47 Å². The predicted molar refractivity (Wildman–Crippen MR) is 93.4 cm³/mol. The van der Waals surface area contributed by atoms with Gasteiger partial charge in [-0.1, -0.05) is 19.9 Å². The summed E-state index contributed by atoms with van der Waals surface area (Å²) in [4.78, 5) is 11.9. The van der Waals surface area contributed by atoms with Crippen molar-refractivity contribution in [2.75, 3.05) is 13.9 Å². The van der Waals surface area contributed by atoms with E-state index in [1.165, 1.54) is 38.5 Å². The molecule has 4 rings (SSSR count). The highest BCUT2D eigenvalue weighted by atomic mass is 16.7. The van der Waals surface area contributed by atoms with Crippen molar-refractivity contribution in [3.63, 3.8) is 0 Å². The van der Waals surface area contributed by atoms with Gasteiger partial charge in [0, 0.05) is 13.5 Å². The van der Waals surface area contributed by atoms with Crippen molar-refractivity contribution in [1.29, 1.82) is 0 Å². The van der Waals surface area contributed by atoms with Crippen LogP contribution in [0.1, 0.15) is 58.8 Å². The van der Waals surface area contributed by atoms with Gasteiger partial charge in [-0.2, -0.15) is 0 Å². The second-order valence-corrected chi connectivity index (χ2v) is 9.20. The van der Waals surface area contributed by atoms with Gasteiger partial charge in [0.2, 0.25) is 0 Å². The summed E-state index contributed by atoms with van der Waals surface area (Å²) < 4.78 is 11.2. The molecule has 24 heavy (non-hydrogen) atoms. The van der Waals surface area contributed by atoms with Gasteiger partial charge in [0.15, 0.2) is 5.78 Å². The number of hydrogen-bond donors (Lipinski definition) is 0. The number of rotatable bonds is 3. The lowest BCUT2D eigenvalue weighted by Gasteiger charge is -2.58. The van der Waals surface area contributed by atoms with Crippen LogP contribution in [0.5, 0.6) is 0 Å². The molecule has 0 saturated heterocycles. The van der Waals surface area contributed by atoms with Crippen LogP contribution in [0.4, 0.5) is 0 Å². The summed E-state index contributed by atoms with van der Waals surface area (Å²) in [5.41, 5.74) is 0.556. The van der Waals surface area contributed by atoms with Crippen molar-refractivity contribution in [2.45, 2.75) is 64.9 Å². The minimum Gasteiger partial charge on any atom is -0.359 e. The molecule has 0 aliphatic heterocycles. The highest BCUT2D eigenvalue weighted by molar-refractivity contribution is 5.91. The maximum absolute atomic E-state index is 11.9. The molecule has 0 N–H and O–H groups in total. The van der Waals surface area contributed by atoms with Crippen molar-refractivity contribution in [3.05, 3.63) is 12.2 Å². The Bertz CT molecular complexity index is 541. The molecule has 4 aliphatic rings. The average molecular weight is 332 g/mol. The van der Waals surface area contributed by atoms with E-state index >= 15 is 0 Å². The molecule has 0 radical (unpaired) electrons. The molecular formula is C21H32O3. The van der Waals surface area contributed by atoms with E-state index in [0.717, 1.165) is 24.2 Å². The molecular weight excluding hydrogens is 300 g/mol. The van der Waals surface area contributed by atoms with E-state index in [4.69, 9.17) is 9.47 Å². The van der Waals surface area contributed by atoms with Gasteiger partial charge in [-0.3, -0.25) is 4.79 Å². The molecule has 3 fully saturated rings. The second kappa shape index (κ2) is 5.95. The van der Waals surface area contributed by atoms with Crippen molar-refractivity contribution in [3.8, 4) is 0 Å². The second-order valence-electron chi connectivity index (χ2n) is 9.20. The van der Waals surface area contributed by atoms with Crippen LogP contribution in [0.25, 0.3) is 0 Å². The highest BCUT2D eigenvalue weighted by Gasteiger charge is 2.59. The van der Waals surface area contributed by atoms with Crippen LogP contribution < -0.4 is 0 Å². The zero-order valence-electron chi connectivity index (χ0n) is 15.4. The summed E-state index contributed by atoms with van der Waals surface area (Å²) in [7, 11) is 1.71. The number of ether oxygens (including phenoxy) is 2. The molecule has 134 valence electrons. The Morgan fingerprint density at radius 2 is 1.96 bits per heavy atom. The highest BCUT2D eigenvalue weighted by Crippen LogP contribution is 2.65. The van der Waals surface area contributed by atoms with Gasteiger partial charge in [-0.05, 0) is 79.1 Å². The molecule has 3 nitrogen and oxygen atoms in total. The fourth-order valence-electron chi connectivity index (χ4n) is 7.01. The van der Waals surface area contributed by atoms with Crippen LogP contribution in [-0.4, -0.2) is 25.8 Å². The number of ketones is 1. The zero-order chi connectivity index (χ0) is 16.9. The van der Waals surface area contributed by atoms with Crippen molar-refractivity contribution >= 4 is 5.78 Å². The quantitative estimate of drug-likeness (QED) is 0.720. The number of fused-ring (bicyclic) bond motifs is 5. The molecule has 3 heteroatoms. The predicted octanol–water partition coefficient (Wildman–Crippen LogP) is 4.36. The Morgan fingerprint density at radius 1 is 1.12 bits per heavy atom. The monoisotopic (exact) mass is 332 g/mol. The fraction of sp³-hybridized carbons (Fsp3) is 0.857. The Kier molecular flexibility index (Phi) is 4.16. The largest absolute Gasteiger partial charge is 0.359 e. The third-order valence-electron chi connectivity index (χ3n) is 8.34. The minimum absolute atomic E-state index is 0.240. The number of hydrogen-bond acceptors (Lipinski definition) is 3. The molecule has 7 atom stereocenters. The number of carbonyl (C=O) groups excluding carboxylic acids is 1. The van der Waals surface area contributed by atoms with Crippen LogP contribution in [0.2, 0.25) is 0 Å². The molecule has 0 aromatic rings. The van der Waals surface area contributed by atoms with E-state index < -0.39 is 0 Å². The molecule has 0 aromatic carbocycles. The number of allylic oxidation sites excluding steroid dienone is 2. The van der Waals surface area contributed by atoms with Crippen LogP contribution in [0.3, 0.4) is 0 Å². The van der Waals surface area contributed by atoms with E-state index in [2.05, 4.69) is 19.9 Å². The lowest BCUT2D eigenvalue weighted by Crippen LogP contribution is -2.53. The van der Waals surface area contributed by atoms with Crippen LogP contribution in [0, 0.1) is 34.5 Å². The summed E-state index contributed by atoms with van der Waals surface area (Å²) in [6.07, 6.45) is 12.9. The maximum Gasteiger partial charge on any atom is 0.155 e. The molecule has 0 bridgehead atoms. The third kappa shape index (κ3) is 2.34. The molecule has 4 aliphatic carbocycles. The molecule has 0 aromatic heterocycles. The normalized spacial score (nSPS) is 50.3. The smallest absolute Gasteiger partial charge is 0.155 e. The van der Waals surface area contributed by atoms with Crippen molar-refractivity contribution in [1.82, 2.24) is 0 Å². The summed E-state index contributed by atoms with van der Waals surface area (Å²) in [6, 6.07) is 0. The summed E-state index contributed by atoms with van der Waals surface area (Å²) >= 11 is 0. The van der Waals surface area contributed by atoms with E-state index in [-0.39, 0.29) is 5.41 Å². The van der Waals surface area contributed by atoms with Crippen LogP contribution in [-0.2, 0) is 14.3 Å². The first-order valence-corrected chi connectivity index (χ1v) is 9.81. The van der Waals surface area contributed by atoms with Crippen molar-refractivity contribution in [2.24, 2.45) is 34.5 Å². The van der Waals surface area contributed by atoms with E-state index in [9.17, 15) is 4.79 Å². The maximum atomic E-state index is 11.9. The van der Waals surface area contributed by atoms with E-state index in [1.807, 2.05) is 6.08 Å². The lowest BCUT2D eigenvalue weighted by molar-refractivity contribution is -0.145. The standard InChI is InChI=1S/C21H32O3/c1-20-10-8-15(22)12-14(20)4-5-16-17-6-7-19(24-13-23-3)21(17,2)11-9-18(16)20/h8,10,14,16-19H,4-7,9,11-13H2,1-3H3/t14?,16-,17-,18+,19?,20-,21-/m0/s1. The molecule has 0 amide bonds. The number of methoxy groups -OCH3 is 1. The third-order valence-corrected chi connectivity index (χ3v) is 8.34. The number of carbonyl (C=O) groups is 1. The molecule has 3 saturated carbocycles. The van der Waals surface area contributed by atoms with Gasteiger partial charge in [0.25, 0.3) is 0 Å². The first kappa shape index (κ1) is 16.8. The average Bonchev–Trinajstić information content (AvgIpc) is 2.90. The van der Waals surface area contributed by atoms with Crippen LogP contribution >= 0.6 is 0 Å². The van der Waals surface area contributed by atoms with E-state index in [1.54, 1.807) is 7.11 Å². The fourth-order valence-corrected chi connectivity index (χ4v) is 7.01. The Morgan fingerprint density at radius 3 is 2.75 bits per heavy atom. The van der Waals surface area contributed by atoms with Gasteiger partial charge in [0.05, 0.1) is 6.10 Å². The van der Waals surface area contributed by atoms with Gasteiger partial charge in [-0.15, -0.1) is 0 Å². The van der Waals surface area contributed by atoms with Gasteiger partial charge in [-0.25, -0.2) is 0 Å². The first-order valence-electron chi connectivity index (χ1n) is 9.81. The lowest BCUT2D eigenvalue weighted by atomic mass is 9.46. The Labute approximate surface area is 146 Å². The zero-order valence-corrected chi connectivity index (χ0v) is 15.4. The Balaban J connectivity index is 1.58. The van der Waals surface area contributed by atoms with E-state index in [0.29, 0.717) is 30.0 Å². The summed E-state index contributed by atoms with van der Waals surface area (Å²) in [5.74, 6) is 3.24.